The standard InChI is InChI=1S/C8H16N4/c1-2-12-7-11-6-8(12)5-10-4-3-9/h6-7,10H,2-5,9H2,1H3. The van der Waals surface area contributed by atoms with E-state index in [0.29, 0.717) is 6.54 Å². The monoisotopic (exact) mass is 168 g/mol. The van der Waals surface area contributed by atoms with Crippen molar-refractivity contribution in [3.8, 4) is 0 Å². The Labute approximate surface area is 72.8 Å². The average molecular weight is 168 g/mol. The van der Waals surface area contributed by atoms with E-state index in [9.17, 15) is 0 Å². The van der Waals surface area contributed by atoms with Crippen molar-refractivity contribution >= 4 is 0 Å². The van der Waals surface area contributed by atoms with Crippen LogP contribution in [-0.2, 0) is 13.1 Å². The van der Waals surface area contributed by atoms with E-state index in [1.807, 2.05) is 12.5 Å². The lowest BCUT2D eigenvalue weighted by atomic mass is 10.4. The van der Waals surface area contributed by atoms with Crippen molar-refractivity contribution in [1.29, 1.82) is 0 Å². The molecule has 0 amide bonds. The molecule has 1 aromatic rings. The van der Waals surface area contributed by atoms with Crippen LogP contribution in [0.2, 0.25) is 0 Å². The van der Waals surface area contributed by atoms with Crippen LogP contribution in [0.4, 0.5) is 0 Å². The van der Waals surface area contributed by atoms with Crippen molar-refractivity contribution in [2.45, 2.75) is 20.0 Å². The summed E-state index contributed by atoms with van der Waals surface area (Å²) in [5, 5.41) is 3.23. The quantitative estimate of drug-likeness (QED) is 0.606. The Morgan fingerprint density at radius 3 is 3.17 bits per heavy atom. The molecule has 0 atom stereocenters. The van der Waals surface area contributed by atoms with Crippen molar-refractivity contribution in [2.75, 3.05) is 13.1 Å². The van der Waals surface area contributed by atoms with Gasteiger partial charge in [-0.3, -0.25) is 0 Å². The van der Waals surface area contributed by atoms with Gasteiger partial charge in [0, 0.05) is 32.4 Å². The first-order valence-corrected chi connectivity index (χ1v) is 4.28. The van der Waals surface area contributed by atoms with Crippen LogP contribution in [0.15, 0.2) is 12.5 Å². The summed E-state index contributed by atoms with van der Waals surface area (Å²) in [7, 11) is 0. The summed E-state index contributed by atoms with van der Waals surface area (Å²) in [5.41, 5.74) is 6.57. The number of hydrogen-bond acceptors (Lipinski definition) is 3. The summed E-state index contributed by atoms with van der Waals surface area (Å²) >= 11 is 0. The second-order valence-corrected chi connectivity index (χ2v) is 2.64. The molecule has 1 heterocycles. The minimum absolute atomic E-state index is 0.681. The molecule has 0 bridgehead atoms. The van der Waals surface area contributed by atoms with E-state index in [4.69, 9.17) is 5.73 Å². The SMILES string of the molecule is CCn1cncc1CNCCN. The zero-order valence-electron chi connectivity index (χ0n) is 7.45. The summed E-state index contributed by atoms with van der Waals surface area (Å²) < 4.78 is 2.11. The Bertz CT molecular complexity index is 219. The first-order chi connectivity index (χ1) is 5.88. The number of hydrogen-bond donors (Lipinski definition) is 2. The number of aryl methyl sites for hydroxylation is 1. The van der Waals surface area contributed by atoms with Gasteiger partial charge < -0.3 is 15.6 Å². The van der Waals surface area contributed by atoms with Gasteiger partial charge in [0.2, 0.25) is 0 Å². The molecule has 0 aliphatic carbocycles. The molecule has 4 heteroatoms. The summed E-state index contributed by atoms with van der Waals surface area (Å²) in [6, 6.07) is 0. The molecule has 1 rings (SSSR count). The van der Waals surface area contributed by atoms with Gasteiger partial charge >= 0.3 is 0 Å². The van der Waals surface area contributed by atoms with Crippen LogP contribution in [0, 0.1) is 0 Å². The second-order valence-electron chi connectivity index (χ2n) is 2.64. The first-order valence-electron chi connectivity index (χ1n) is 4.28. The molecule has 0 fully saturated rings. The minimum Gasteiger partial charge on any atom is -0.334 e. The summed E-state index contributed by atoms with van der Waals surface area (Å²) in [6.07, 6.45) is 3.73. The van der Waals surface area contributed by atoms with E-state index in [1.54, 1.807) is 0 Å². The molecule has 0 saturated carbocycles. The molecule has 0 radical (unpaired) electrons. The molecule has 0 unspecified atom stereocenters. The van der Waals surface area contributed by atoms with Gasteiger partial charge in [-0.05, 0) is 6.92 Å². The van der Waals surface area contributed by atoms with E-state index in [2.05, 4.69) is 21.8 Å². The van der Waals surface area contributed by atoms with Gasteiger partial charge in [-0.25, -0.2) is 4.98 Å². The zero-order valence-corrected chi connectivity index (χ0v) is 7.45. The third-order valence-corrected chi connectivity index (χ3v) is 1.77. The van der Waals surface area contributed by atoms with E-state index < -0.39 is 0 Å². The Morgan fingerprint density at radius 1 is 1.67 bits per heavy atom. The van der Waals surface area contributed by atoms with Gasteiger partial charge in [-0.15, -0.1) is 0 Å². The number of nitrogens with one attached hydrogen (secondary N) is 1. The van der Waals surface area contributed by atoms with Crippen LogP contribution in [0.3, 0.4) is 0 Å². The van der Waals surface area contributed by atoms with Crippen LogP contribution in [0.5, 0.6) is 0 Å². The molecule has 1 aromatic heterocycles. The molecule has 0 aromatic carbocycles. The third-order valence-electron chi connectivity index (χ3n) is 1.77. The maximum absolute atomic E-state index is 5.35. The van der Waals surface area contributed by atoms with Crippen LogP contribution in [0.1, 0.15) is 12.6 Å². The van der Waals surface area contributed by atoms with E-state index in [-0.39, 0.29) is 0 Å². The van der Waals surface area contributed by atoms with Crippen LogP contribution in [-0.4, -0.2) is 22.6 Å². The fourth-order valence-electron chi connectivity index (χ4n) is 1.10. The Balaban J connectivity index is 2.39. The second kappa shape index (κ2) is 4.90. The highest BCUT2D eigenvalue weighted by atomic mass is 15.1. The van der Waals surface area contributed by atoms with Gasteiger partial charge in [-0.2, -0.15) is 0 Å². The van der Waals surface area contributed by atoms with Gasteiger partial charge in [-0.1, -0.05) is 0 Å². The number of aromatic nitrogens is 2. The summed E-state index contributed by atoms with van der Waals surface area (Å²) in [5.74, 6) is 0. The van der Waals surface area contributed by atoms with Crippen molar-refractivity contribution in [3.05, 3.63) is 18.2 Å². The maximum Gasteiger partial charge on any atom is 0.0948 e. The van der Waals surface area contributed by atoms with Crippen molar-refractivity contribution < 1.29 is 0 Å². The fourth-order valence-corrected chi connectivity index (χ4v) is 1.10. The molecular weight excluding hydrogens is 152 g/mol. The predicted octanol–water partition coefficient (Wildman–Crippen LogP) is -0.0487. The van der Waals surface area contributed by atoms with Crippen molar-refractivity contribution in [1.82, 2.24) is 14.9 Å². The Morgan fingerprint density at radius 2 is 2.50 bits per heavy atom. The van der Waals surface area contributed by atoms with E-state index >= 15 is 0 Å². The van der Waals surface area contributed by atoms with Crippen LogP contribution >= 0.6 is 0 Å². The Hall–Kier alpha value is -0.870. The highest BCUT2D eigenvalue weighted by Gasteiger charge is 1.97. The first kappa shape index (κ1) is 9.22. The van der Waals surface area contributed by atoms with Crippen LogP contribution < -0.4 is 11.1 Å². The summed E-state index contributed by atoms with van der Waals surface area (Å²) in [4.78, 5) is 4.06. The fraction of sp³-hybridized carbons (Fsp3) is 0.625. The zero-order chi connectivity index (χ0) is 8.81. The molecule has 0 aliphatic rings. The normalized spacial score (nSPS) is 10.5. The average Bonchev–Trinajstić information content (AvgIpc) is 2.52. The molecule has 4 nitrogen and oxygen atoms in total. The highest BCUT2D eigenvalue weighted by Crippen LogP contribution is 1.97. The number of nitrogens with two attached hydrogens (primary N) is 1. The lowest BCUT2D eigenvalue weighted by Crippen LogP contribution is -2.23. The highest BCUT2D eigenvalue weighted by molar-refractivity contribution is 4.97. The minimum atomic E-state index is 0.681. The molecule has 0 spiro atoms. The lowest BCUT2D eigenvalue weighted by Gasteiger charge is -2.05. The number of imidazole rings is 1. The topological polar surface area (TPSA) is 55.9 Å². The number of nitrogens with zero attached hydrogens (tertiary/aromatic N) is 2. The van der Waals surface area contributed by atoms with Gasteiger partial charge in [0.25, 0.3) is 0 Å². The molecular formula is C8H16N4. The molecule has 3 N–H and O–H groups in total. The van der Waals surface area contributed by atoms with Crippen LogP contribution in [0.25, 0.3) is 0 Å². The number of rotatable bonds is 5. The lowest BCUT2D eigenvalue weighted by molar-refractivity contribution is 0.632. The van der Waals surface area contributed by atoms with Gasteiger partial charge in [0.1, 0.15) is 0 Å². The largest absolute Gasteiger partial charge is 0.334 e. The Kier molecular flexibility index (Phi) is 3.76. The maximum atomic E-state index is 5.35. The van der Waals surface area contributed by atoms with Gasteiger partial charge in [0.15, 0.2) is 0 Å². The smallest absolute Gasteiger partial charge is 0.0948 e. The van der Waals surface area contributed by atoms with Crippen molar-refractivity contribution in [3.63, 3.8) is 0 Å². The van der Waals surface area contributed by atoms with E-state index in [0.717, 1.165) is 19.6 Å². The third kappa shape index (κ3) is 2.32. The van der Waals surface area contributed by atoms with E-state index in [1.165, 1.54) is 5.69 Å². The van der Waals surface area contributed by atoms with Gasteiger partial charge in [0.05, 0.1) is 12.0 Å². The predicted molar refractivity (Wildman–Crippen MR) is 48.7 cm³/mol. The molecule has 0 saturated heterocycles. The molecule has 0 aliphatic heterocycles. The van der Waals surface area contributed by atoms with Crippen molar-refractivity contribution in [2.24, 2.45) is 5.73 Å². The molecule has 12 heavy (non-hydrogen) atoms. The summed E-state index contributed by atoms with van der Waals surface area (Å²) in [6.45, 7) is 5.47. The molecule has 68 valence electrons.